The van der Waals surface area contributed by atoms with Crippen LogP contribution in [0, 0.1) is 6.92 Å². The summed E-state index contributed by atoms with van der Waals surface area (Å²) in [7, 11) is 1.92. The number of rotatable bonds is 2. The molecule has 3 aromatic heterocycles. The first-order valence-electron chi connectivity index (χ1n) is 5.46. The van der Waals surface area contributed by atoms with E-state index in [0.717, 1.165) is 17.0 Å². The van der Waals surface area contributed by atoms with Gasteiger partial charge in [0.05, 0.1) is 18.6 Å². The van der Waals surface area contributed by atoms with Crippen LogP contribution in [0.5, 0.6) is 0 Å². The molecule has 0 bridgehead atoms. The van der Waals surface area contributed by atoms with Gasteiger partial charge in [-0.2, -0.15) is 5.10 Å². The molecule has 0 aromatic carbocycles. The van der Waals surface area contributed by atoms with Crippen molar-refractivity contribution in [3.63, 3.8) is 0 Å². The molecule has 0 spiro atoms. The van der Waals surface area contributed by atoms with Gasteiger partial charge in [0.1, 0.15) is 11.8 Å². The van der Waals surface area contributed by atoms with Crippen LogP contribution in [0.1, 0.15) is 11.4 Å². The summed E-state index contributed by atoms with van der Waals surface area (Å²) in [6.45, 7) is 2.63. The van der Waals surface area contributed by atoms with E-state index in [9.17, 15) is 0 Å². The van der Waals surface area contributed by atoms with Crippen molar-refractivity contribution < 1.29 is 0 Å². The van der Waals surface area contributed by atoms with Crippen molar-refractivity contribution in [1.29, 1.82) is 0 Å². The Morgan fingerprint density at radius 3 is 2.83 bits per heavy atom. The van der Waals surface area contributed by atoms with E-state index in [1.54, 1.807) is 6.33 Å². The van der Waals surface area contributed by atoms with Gasteiger partial charge in [-0.3, -0.25) is 4.68 Å². The molecule has 0 fully saturated rings. The van der Waals surface area contributed by atoms with Crippen molar-refractivity contribution >= 4 is 22.8 Å². The smallest absolute Gasteiger partial charge is 0.165 e. The second kappa shape index (κ2) is 4.06. The van der Waals surface area contributed by atoms with Crippen molar-refractivity contribution in [1.82, 2.24) is 29.3 Å². The largest absolute Gasteiger partial charge is 0.309 e. The van der Waals surface area contributed by atoms with Crippen molar-refractivity contribution in [2.24, 2.45) is 7.05 Å². The fourth-order valence-corrected chi connectivity index (χ4v) is 2.03. The first-order chi connectivity index (χ1) is 8.65. The number of imidazole rings is 1. The average Bonchev–Trinajstić information content (AvgIpc) is 2.86. The van der Waals surface area contributed by atoms with E-state index in [1.165, 1.54) is 6.33 Å². The molecule has 3 heterocycles. The monoisotopic (exact) mass is 262 g/mol. The molecular formula is C11H11ClN6. The lowest BCUT2D eigenvalue weighted by Gasteiger charge is -2.00. The van der Waals surface area contributed by atoms with Crippen LogP contribution in [0.3, 0.4) is 0 Å². The van der Waals surface area contributed by atoms with Crippen LogP contribution in [0.4, 0.5) is 0 Å². The Kier molecular flexibility index (Phi) is 2.52. The lowest BCUT2D eigenvalue weighted by atomic mass is 10.3. The number of fused-ring (bicyclic) bond motifs is 1. The first-order valence-corrected chi connectivity index (χ1v) is 5.84. The predicted molar refractivity (Wildman–Crippen MR) is 67.4 cm³/mol. The molecule has 6 nitrogen and oxygen atoms in total. The number of nitrogens with zero attached hydrogens (tertiary/aromatic N) is 6. The van der Waals surface area contributed by atoms with Crippen LogP contribution < -0.4 is 0 Å². The molecule has 0 unspecified atom stereocenters. The van der Waals surface area contributed by atoms with Crippen molar-refractivity contribution in [3.05, 3.63) is 35.3 Å². The summed E-state index contributed by atoms with van der Waals surface area (Å²) in [5, 5.41) is 4.78. The first kappa shape index (κ1) is 11.2. The zero-order valence-corrected chi connectivity index (χ0v) is 10.8. The molecule has 3 aromatic rings. The summed E-state index contributed by atoms with van der Waals surface area (Å²) in [5.74, 6) is 0. The number of halogens is 1. The molecule has 0 saturated carbocycles. The molecule has 0 saturated heterocycles. The number of hydrogen-bond donors (Lipinski definition) is 0. The van der Waals surface area contributed by atoms with Crippen LogP contribution in [0.15, 0.2) is 18.7 Å². The average molecular weight is 263 g/mol. The predicted octanol–water partition coefficient (Wildman–Crippen LogP) is 1.57. The van der Waals surface area contributed by atoms with Crippen LogP contribution >= 0.6 is 11.6 Å². The highest BCUT2D eigenvalue weighted by Crippen LogP contribution is 2.17. The van der Waals surface area contributed by atoms with E-state index in [0.29, 0.717) is 17.2 Å². The Morgan fingerprint density at radius 1 is 1.28 bits per heavy atom. The molecule has 0 aliphatic heterocycles. The van der Waals surface area contributed by atoms with Crippen LogP contribution in [0.25, 0.3) is 11.2 Å². The van der Waals surface area contributed by atoms with Gasteiger partial charge < -0.3 is 4.57 Å². The second-order valence-electron chi connectivity index (χ2n) is 4.11. The molecule has 0 aliphatic carbocycles. The third-order valence-electron chi connectivity index (χ3n) is 2.85. The molecule has 0 N–H and O–H groups in total. The Labute approximate surface area is 108 Å². The molecular weight excluding hydrogens is 252 g/mol. The fourth-order valence-electron chi connectivity index (χ4n) is 1.85. The Hall–Kier alpha value is -1.95. The minimum absolute atomic E-state index is 0.371. The molecule has 18 heavy (non-hydrogen) atoms. The van der Waals surface area contributed by atoms with Gasteiger partial charge in [0.25, 0.3) is 0 Å². The van der Waals surface area contributed by atoms with Gasteiger partial charge in [-0.15, -0.1) is 0 Å². The normalized spacial score (nSPS) is 11.3. The lowest BCUT2D eigenvalue weighted by Crippen LogP contribution is -2.01. The fraction of sp³-hybridized carbons (Fsp3) is 0.273. The minimum atomic E-state index is 0.371. The van der Waals surface area contributed by atoms with Gasteiger partial charge in [0, 0.05) is 12.7 Å². The maximum Gasteiger partial charge on any atom is 0.165 e. The maximum absolute atomic E-state index is 5.96. The zero-order chi connectivity index (χ0) is 12.7. The zero-order valence-electron chi connectivity index (χ0n) is 10.0. The highest BCUT2D eigenvalue weighted by Gasteiger charge is 2.10. The summed E-state index contributed by atoms with van der Waals surface area (Å²) in [6.07, 6.45) is 3.14. The molecule has 0 amide bonds. The second-order valence-corrected chi connectivity index (χ2v) is 4.47. The van der Waals surface area contributed by atoms with E-state index in [-0.39, 0.29) is 0 Å². The Morgan fingerprint density at radius 2 is 2.11 bits per heavy atom. The van der Waals surface area contributed by atoms with Gasteiger partial charge in [-0.1, -0.05) is 11.6 Å². The number of aromatic nitrogens is 6. The maximum atomic E-state index is 5.96. The minimum Gasteiger partial charge on any atom is -0.309 e. The number of aryl methyl sites for hydroxylation is 2. The van der Waals surface area contributed by atoms with E-state index in [2.05, 4.69) is 20.1 Å². The van der Waals surface area contributed by atoms with Gasteiger partial charge in [-0.05, 0) is 13.0 Å². The third-order valence-corrected chi connectivity index (χ3v) is 3.13. The standard InChI is InChI=1S/C11H11ClN6/c1-7-3-8(16-17(7)2)4-18-6-15-9-10(12)13-5-14-11(9)18/h3,5-6H,4H2,1-2H3. The van der Waals surface area contributed by atoms with Gasteiger partial charge >= 0.3 is 0 Å². The van der Waals surface area contributed by atoms with Crippen molar-refractivity contribution in [2.45, 2.75) is 13.5 Å². The van der Waals surface area contributed by atoms with E-state index in [1.807, 2.05) is 29.3 Å². The molecule has 0 radical (unpaired) electrons. The van der Waals surface area contributed by atoms with Gasteiger partial charge in [-0.25, -0.2) is 15.0 Å². The summed E-state index contributed by atoms with van der Waals surface area (Å²) in [6, 6.07) is 2.04. The van der Waals surface area contributed by atoms with Crippen LogP contribution in [-0.4, -0.2) is 29.3 Å². The topological polar surface area (TPSA) is 61.4 Å². The lowest BCUT2D eigenvalue weighted by molar-refractivity contribution is 0.698. The highest BCUT2D eigenvalue weighted by atomic mass is 35.5. The van der Waals surface area contributed by atoms with Gasteiger partial charge in [0.2, 0.25) is 0 Å². The van der Waals surface area contributed by atoms with Crippen molar-refractivity contribution in [3.8, 4) is 0 Å². The Balaban J connectivity index is 2.02. The summed E-state index contributed by atoms with van der Waals surface area (Å²) >= 11 is 5.96. The summed E-state index contributed by atoms with van der Waals surface area (Å²) in [4.78, 5) is 12.3. The molecule has 0 aliphatic rings. The molecule has 3 rings (SSSR count). The summed E-state index contributed by atoms with van der Waals surface area (Å²) < 4.78 is 3.75. The van der Waals surface area contributed by atoms with Crippen LogP contribution in [0.2, 0.25) is 5.15 Å². The molecule has 7 heteroatoms. The van der Waals surface area contributed by atoms with E-state index < -0.39 is 0 Å². The molecule has 92 valence electrons. The molecule has 0 atom stereocenters. The van der Waals surface area contributed by atoms with E-state index >= 15 is 0 Å². The van der Waals surface area contributed by atoms with Gasteiger partial charge in [0.15, 0.2) is 10.8 Å². The third kappa shape index (κ3) is 1.74. The van der Waals surface area contributed by atoms with Crippen LogP contribution in [-0.2, 0) is 13.6 Å². The number of hydrogen-bond acceptors (Lipinski definition) is 4. The SMILES string of the molecule is Cc1cc(Cn2cnc3c(Cl)ncnc32)nn1C. The highest BCUT2D eigenvalue weighted by molar-refractivity contribution is 6.33. The van der Waals surface area contributed by atoms with Crippen molar-refractivity contribution in [2.75, 3.05) is 0 Å². The van der Waals surface area contributed by atoms with E-state index in [4.69, 9.17) is 11.6 Å². The summed E-state index contributed by atoms with van der Waals surface area (Å²) in [5.41, 5.74) is 3.41. The quantitative estimate of drug-likeness (QED) is 0.658. The Bertz CT molecular complexity index is 694.